The minimum atomic E-state index is 0.535. The van der Waals surface area contributed by atoms with Crippen molar-refractivity contribution in [3.05, 3.63) is 36.4 Å². The lowest BCUT2D eigenvalue weighted by atomic mass is 10.1. The van der Waals surface area contributed by atoms with Crippen molar-refractivity contribution in [2.24, 2.45) is 0 Å². The highest BCUT2D eigenvalue weighted by Gasteiger charge is 2.17. The summed E-state index contributed by atoms with van der Waals surface area (Å²) in [5, 5.41) is 0. The van der Waals surface area contributed by atoms with Crippen LogP contribution in [-0.4, -0.2) is 94.0 Å². The molecule has 0 amide bonds. The van der Waals surface area contributed by atoms with E-state index in [0.29, 0.717) is 83.7 Å². The molecule has 0 aliphatic carbocycles. The topological polar surface area (TPSA) is 82.1 Å². The normalized spacial score (nSPS) is 16.9. The summed E-state index contributed by atoms with van der Waals surface area (Å²) in [4.78, 5) is 18.7. The molecule has 1 aromatic heterocycles. The highest BCUT2D eigenvalue weighted by molar-refractivity contribution is 5.61. The van der Waals surface area contributed by atoms with Crippen LogP contribution in [0.3, 0.4) is 0 Å². The molecular formula is C25H37N5O4. The van der Waals surface area contributed by atoms with Crippen molar-refractivity contribution in [1.29, 1.82) is 0 Å². The highest BCUT2D eigenvalue weighted by atomic mass is 16.6. The number of nitrogens with zero attached hydrogens (tertiary/aromatic N) is 5. The summed E-state index contributed by atoms with van der Waals surface area (Å²) in [5.74, 6) is 1.92. The van der Waals surface area contributed by atoms with Crippen molar-refractivity contribution in [2.75, 3.05) is 88.8 Å². The van der Waals surface area contributed by atoms with Gasteiger partial charge in [-0.1, -0.05) is 36.9 Å². The molecular weight excluding hydrogens is 434 g/mol. The molecule has 1 aromatic carbocycles. The van der Waals surface area contributed by atoms with E-state index in [1.165, 1.54) is 0 Å². The standard InChI is InChI=1S/C25H37N5O4/c1-4-21-7-9-22(10-8-21)23-26-24(29(5-2)6-3)28-25(27-23)30-11-13-31-15-17-33-19-20-34-18-16-32-14-12-30/h4,7-10H,1,5-6,11-20H2,2-3H3. The van der Waals surface area contributed by atoms with Crippen molar-refractivity contribution in [3.8, 4) is 11.4 Å². The molecule has 0 atom stereocenters. The van der Waals surface area contributed by atoms with Crippen molar-refractivity contribution in [1.82, 2.24) is 15.0 Å². The van der Waals surface area contributed by atoms with E-state index in [1.807, 2.05) is 30.3 Å². The number of anilines is 2. The van der Waals surface area contributed by atoms with E-state index < -0.39 is 0 Å². The molecule has 0 saturated carbocycles. The lowest BCUT2D eigenvalue weighted by Gasteiger charge is -2.25. The van der Waals surface area contributed by atoms with Gasteiger partial charge in [0.15, 0.2) is 5.82 Å². The monoisotopic (exact) mass is 471 g/mol. The van der Waals surface area contributed by atoms with E-state index in [-0.39, 0.29) is 0 Å². The van der Waals surface area contributed by atoms with E-state index in [2.05, 4.69) is 30.2 Å². The van der Waals surface area contributed by atoms with Gasteiger partial charge in [0.25, 0.3) is 0 Å². The number of aromatic nitrogens is 3. The Morgan fingerprint density at radius 3 is 1.82 bits per heavy atom. The fraction of sp³-hybridized carbons (Fsp3) is 0.560. The molecule has 0 N–H and O–H groups in total. The molecule has 2 aromatic rings. The molecule has 0 spiro atoms. The summed E-state index contributed by atoms with van der Waals surface area (Å²) in [7, 11) is 0. The maximum Gasteiger partial charge on any atom is 0.230 e. The van der Waals surface area contributed by atoms with E-state index in [1.54, 1.807) is 0 Å². The van der Waals surface area contributed by atoms with Crippen molar-refractivity contribution in [2.45, 2.75) is 13.8 Å². The van der Waals surface area contributed by atoms with Gasteiger partial charge in [0.1, 0.15) is 0 Å². The molecule has 1 fully saturated rings. The molecule has 1 aliphatic heterocycles. The molecule has 9 nitrogen and oxygen atoms in total. The van der Waals surface area contributed by atoms with Gasteiger partial charge in [0.2, 0.25) is 11.9 Å². The Balaban J connectivity index is 1.87. The average Bonchev–Trinajstić information content (AvgIpc) is 2.89. The van der Waals surface area contributed by atoms with Crippen LogP contribution < -0.4 is 9.80 Å². The first kappa shape index (κ1) is 26.0. The Morgan fingerprint density at radius 2 is 1.32 bits per heavy atom. The average molecular weight is 472 g/mol. The quantitative estimate of drug-likeness (QED) is 0.631. The SMILES string of the molecule is C=Cc1ccc(-c2nc(N(CC)CC)nc(N3CCOCCOCCOCCOCC3)n2)cc1. The predicted molar refractivity (Wildman–Crippen MR) is 134 cm³/mol. The second-order valence-corrected chi connectivity index (χ2v) is 7.69. The number of hydrogen-bond donors (Lipinski definition) is 0. The third-order valence-corrected chi connectivity index (χ3v) is 5.47. The van der Waals surface area contributed by atoms with E-state index in [4.69, 9.17) is 33.9 Å². The molecule has 0 bridgehead atoms. The molecule has 186 valence electrons. The summed E-state index contributed by atoms with van der Waals surface area (Å²) in [6.45, 7) is 15.3. The fourth-order valence-electron chi connectivity index (χ4n) is 3.46. The third-order valence-electron chi connectivity index (χ3n) is 5.47. The molecule has 3 rings (SSSR count). The lowest BCUT2D eigenvalue weighted by Crippen LogP contribution is -2.34. The highest BCUT2D eigenvalue weighted by Crippen LogP contribution is 2.22. The zero-order valence-electron chi connectivity index (χ0n) is 20.4. The van der Waals surface area contributed by atoms with Crippen LogP contribution in [0.2, 0.25) is 0 Å². The predicted octanol–water partition coefficient (Wildman–Crippen LogP) is 2.91. The van der Waals surface area contributed by atoms with Gasteiger partial charge in [0, 0.05) is 31.7 Å². The van der Waals surface area contributed by atoms with Crippen molar-refractivity contribution >= 4 is 18.0 Å². The first-order chi connectivity index (χ1) is 16.7. The van der Waals surface area contributed by atoms with Crippen molar-refractivity contribution in [3.63, 3.8) is 0 Å². The molecule has 2 heterocycles. The van der Waals surface area contributed by atoms with Gasteiger partial charge in [-0.05, 0) is 19.4 Å². The van der Waals surface area contributed by atoms with Gasteiger partial charge in [-0.15, -0.1) is 0 Å². The first-order valence-electron chi connectivity index (χ1n) is 12.0. The first-order valence-corrected chi connectivity index (χ1v) is 12.0. The van der Waals surface area contributed by atoms with E-state index in [9.17, 15) is 0 Å². The lowest BCUT2D eigenvalue weighted by molar-refractivity contribution is 0.00206. The van der Waals surface area contributed by atoms with Gasteiger partial charge < -0.3 is 28.7 Å². The van der Waals surface area contributed by atoms with Gasteiger partial charge >= 0.3 is 0 Å². The van der Waals surface area contributed by atoms with Crippen LogP contribution in [-0.2, 0) is 18.9 Å². The number of ether oxygens (including phenoxy) is 4. The Bertz CT molecular complexity index is 845. The van der Waals surface area contributed by atoms with Crippen LogP contribution in [0.4, 0.5) is 11.9 Å². The molecule has 0 radical (unpaired) electrons. The van der Waals surface area contributed by atoms with Crippen molar-refractivity contribution < 1.29 is 18.9 Å². The molecule has 9 heteroatoms. The van der Waals surface area contributed by atoms with Gasteiger partial charge in [-0.25, -0.2) is 0 Å². The molecule has 34 heavy (non-hydrogen) atoms. The van der Waals surface area contributed by atoms with Crippen LogP contribution in [0.1, 0.15) is 19.4 Å². The summed E-state index contributed by atoms with van der Waals surface area (Å²) in [6, 6.07) is 8.05. The maximum atomic E-state index is 5.78. The number of hydrogen-bond acceptors (Lipinski definition) is 9. The second-order valence-electron chi connectivity index (χ2n) is 7.69. The zero-order valence-corrected chi connectivity index (χ0v) is 20.4. The summed E-state index contributed by atoms with van der Waals surface area (Å²) in [6.07, 6.45) is 1.82. The largest absolute Gasteiger partial charge is 0.377 e. The van der Waals surface area contributed by atoms with E-state index in [0.717, 1.165) is 24.2 Å². The minimum absolute atomic E-state index is 0.535. The molecule has 0 unspecified atom stereocenters. The summed E-state index contributed by atoms with van der Waals surface area (Å²) < 4.78 is 22.6. The Kier molecular flexibility index (Phi) is 11.2. The van der Waals surface area contributed by atoms with E-state index >= 15 is 0 Å². The molecule has 1 saturated heterocycles. The van der Waals surface area contributed by atoms with Crippen LogP contribution in [0.25, 0.3) is 17.5 Å². The fourth-order valence-corrected chi connectivity index (χ4v) is 3.46. The van der Waals surface area contributed by atoms with Gasteiger partial charge in [-0.2, -0.15) is 15.0 Å². The zero-order chi connectivity index (χ0) is 24.0. The smallest absolute Gasteiger partial charge is 0.230 e. The Labute approximate surface area is 202 Å². The number of benzene rings is 1. The summed E-state index contributed by atoms with van der Waals surface area (Å²) in [5.41, 5.74) is 1.98. The summed E-state index contributed by atoms with van der Waals surface area (Å²) >= 11 is 0. The Hall–Kier alpha value is -2.59. The minimum Gasteiger partial charge on any atom is -0.377 e. The van der Waals surface area contributed by atoms with Crippen LogP contribution in [0.15, 0.2) is 30.8 Å². The molecule has 1 aliphatic rings. The Morgan fingerprint density at radius 1 is 0.794 bits per heavy atom. The second kappa shape index (κ2) is 14.6. The van der Waals surface area contributed by atoms with Crippen LogP contribution in [0, 0.1) is 0 Å². The third kappa shape index (κ3) is 8.02. The van der Waals surface area contributed by atoms with Crippen LogP contribution in [0.5, 0.6) is 0 Å². The maximum absolute atomic E-state index is 5.78. The van der Waals surface area contributed by atoms with Gasteiger partial charge in [-0.3, -0.25) is 0 Å². The van der Waals surface area contributed by atoms with Gasteiger partial charge in [0.05, 0.1) is 52.9 Å². The van der Waals surface area contributed by atoms with Crippen LogP contribution >= 0.6 is 0 Å². The number of rotatable bonds is 6.